The van der Waals surface area contributed by atoms with Gasteiger partial charge in [-0.05, 0) is 55.4 Å². The number of likely N-dealkylation sites (N-methyl/N-ethyl adjacent to an activating group) is 1. The van der Waals surface area contributed by atoms with Crippen molar-refractivity contribution in [2.24, 2.45) is 0 Å². The molecule has 0 radical (unpaired) electrons. The fourth-order valence-corrected chi connectivity index (χ4v) is 2.82. The van der Waals surface area contributed by atoms with Crippen molar-refractivity contribution < 1.29 is 14.6 Å². The molecule has 1 unspecified atom stereocenters. The summed E-state index contributed by atoms with van der Waals surface area (Å²) < 4.78 is 4.86. The molecule has 0 amide bonds. The molecule has 1 N–H and O–H groups in total. The number of aliphatic hydroxyl groups is 1. The number of hydrogen-bond acceptors (Lipinski definition) is 5. The molecule has 0 saturated heterocycles. The Morgan fingerprint density at radius 3 is 2.52 bits per heavy atom. The topological polar surface area (TPSA) is 62.7 Å². The van der Waals surface area contributed by atoms with Gasteiger partial charge in [0.25, 0.3) is 0 Å². The first-order chi connectivity index (χ1) is 12.0. The number of aliphatic hydroxyl groups excluding tert-OH is 1. The molecule has 0 aliphatic heterocycles. The van der Waals surface area contributed by atoms with Gasteiger partial charge in [-0.25, -0.2) is 4.79 Å². The van der Waals surface area contributed by atoms with Gasteiger partial charge in [-0.1, -0.05) is 19.9 Å². The summed E-state index contributed by atoms with van der Waals surface area (Å²) in [5.74, 6) is -0.396. The fraction of sp³-hybridized carbons (Fsp3) is 0.400. The predicted octanol–water partition coefficient (Wildman–Crippen LogP) is 3.05. The maximum absolute atomic E-state index is 12.0. The molecule has 1 heterocycles. The molecule has 25 heavy (non-hydrogen) atoms. The van der Waals surface area contributed by atoms with E-state index < -0.39 is 12.2 Å². The number of methoxy groups -OCH3 is 1. The van der Waals surface area contributed by atoms with Crippen molar-refractivity contribution in [1.29, 1.82) is 0 Å². The number of nitrogens with zero attached hydrogens (tertiary/aromatic N) is 2. The Morgan fingerprint density at radius 2 is 1.96 bits per heavy atom. The van der Waals surface area contributed by atoms with Crippen LogP contribution in [0.25, 0.3) is 11.3 Å². The zero-order valence-corrected chi connectivity index (χ0v) is 15.3. The number of aromatic nitrogens is 1. The molecular weight excluding hydrogens is 316 g/mol. The third-order valence-electron chi connectivity index (χ3n) is 4.27. The fourth-order valence-electron chi connectivity index (χ4n) is 2.82. The molecule has 1 atom stereocenters. The van der Waals surface area contributed by atoms with Crippen molar-refractivity contribution in [3.8, 4) is 11.3 Å². The zero-order valence-electron chi connectivity index (χ0n) is 15.3. The molecule has 0 saturated carbocycles. The van der Waals surface area contributed by atoms with Gasteiger partial charge in [0, 0.05) is 18.2 Å². The van der Waals surface area contributed by atoms with E-state index in [-0.39, 0.29) is 0 Å². The summed E-state index contributed by atoms with van der Waals surface area (Å²) in [4.78, 5) is 18.4. The first-order valence-electron chi connectivity index (χ1n) is 8.55. The van der Waals surface area contributed by atoms with Crippen LogP contribution in [0.2, 0.25) is 0 Å². The Labute approximate surface area is 149 Å². The van der Waals surface area contributed by atoms with E-state index in [1.54, 1.807) is 18.3 Å². The monoisotopic (exact) mass is 342 g/mol. The van der Waals surface area contributed by atoms with E-state index in [2.05, 4.69) is 4.98 Å². The third kappa shape index (κ3) is 4.87. The molecule has 1 aromatic heterocycles. The zero-order chi connectivity index (χ0) is 18.4. The van der Waals surface area contributed by atoms with Gasteiger partial charge in [0.2, 0.25) is 0 Å². The average molecular weight is 342 g/mol. The van der Waals surface area contributed by atoms with Crippen molar-refractivity contribution in [1.82, 2.24) is 9.88 Å². The normalized spacial score (nSPS) is 12.2. The van der Waals surface area contributed by atoms with Crippen LogP contribution < -0.4 is 0 Å². The molecule has 0 bridgehead atoms. The highest BCUT2D eigenvalue weighted by Gasteiger charge is 2.16. The summed E-state index contributed by atoms with van der Waals surface area (Å²) in [5, 5.41) is 10.4. The Morgan fingerprint density at radius 1 is 1.24 bits per heavy atom. The van der Waals surface area contributed by atoms with E-state index in [1.165, 1.54) is 7.11 Å². The standard InChI is InChI=1S/C20H26N2O3/c1-5-22(6-2)19(23)11-15-9-16(12-17(10-15)20(24)25-4)18-8-7-14(3)13-21-18/h7-10,12-13,19,23H,5-6,11H2,1-4H3. The Bertz CT molecular complexity index is 709. The number of aryl methyl sites for hydroxylation is 1. The second-order valence-electron chi connectivity index (χ2n) is 6.04. The number of pyridine rings is 1. The number of ether oxygens (including phenoxy) is 1. The number of benzene rings is 1. The lowest BCUT2D eigenvalue weighted by Gasteiger charge is -2.25. The second kappa shape index (κ2) is 8.74. The summed E-state index contributed by atoms with van der Waals surface area (Å²) in [6, 6.07) is 9.43. The third-order valence-corrected chi connectivity index (χ3v) is 4.27. The van der Waals surface area contributed by atoms with Crippen molar-refractivity contribution in [3.05, 3.63) is 53.2 Å². The molecule has 0 fully saturated rings. The maximum Gasteiger partial charge on any atom is 0.337 e. The van der Waals surface area contributed by atoms with Crippen molar-refractivity contribution >= 4 is 5.97 Å². The molecule has 0 aliphatic carbocycles. The second-order valence-corrected chi connectivity index (χ2v) is 6.04. The van der Waals surface area contributed by atoms with Gasteiger partial charge in [-0.3, -0.25) is 9.88 Å². The lowest BCUT2D eigenvalue weighted by atomic mass is 10.00. The van der Waals surface area contributed by atoms with Gasteiger partial charge in [0.05, 0.1) is 18.4 Å². The van der Waals surface area contributed by atoms with E-state index in [0.29, 0.717) is 12.0 Å². The predicted molar refractivity (Wildman–Crippen MR) is 98.4 cm³/mol. The lowest BCUT2D eigenvalue weighted by Crippen LogP contribution is -2.36. The number of carbonyl (C=O) groups excluding carboxylic acids is 1. The summed E-state index contributed by atoms with van der Waals surface area (Å²) in [6.45, 7) is 7.54. The number of hydrogen-bond donors (Lipinski definition) is 1. The van der Waals surface area contributed by atoms with Gasteiger partial charge >= 0.3 is 5.97 Å². The number of esters is 1. The molecule has 5 heteroatoms. The van der Waals surface area contributed by atoms with Gasteiger partial charge in [0.15, 0.2) is 0 Å². The highest BCUT2D eigenvalue weighted by molar-refractivity contribution is 5.91. The van der Waals surface area contributed by atoms with E-state index in [0.717, 1.165) is 35.5 Å². The summed E-state index contributed by atoms with van der Waals surface area (Å²) in [7, 11) is 1.36. The Hall–Kier alpha value is -2.24. The molecule has 1 aromatic carbocycles. The van der Waals surface area contributed by atoms with Crippen LogP contribution in [0.1, 0.15) is 35.3 Å². The van der Waals surface area contributed by atoms with Gasteiger partial charge < -0.3 is 9.84 Å². The highest BCUT2D eigenvalue weighted by Crippen LogP contribution is 2.23. The first-order valence-corrected chi connectivity index (χ1v) is 8.55. The van der Waals surface area contributed by atoms with Crippen LogP contribution in [0.3, 0.4) is 0 Å². The average Bonchev–Trinajstić information content (AvgIpc) is 2.62. The molecule has 134 valence electrons. The Balaban J connectivity index is 2.40. The van der Waals surface area contributed by atoms with E-state index in [1.807, 2.05) is 43.9 Å². The van der Waals surface area contributed by atoms with E-state index >= 15 is 0 Å². The quantitative estimate of drug-likeness (QED) is 0.619. The van der Waals surface area contributed by atoms with Gasteiger partial charge in [-0.2, -0.15) is 0 Å². The van der Waals surface area contributed by atoms with E-state index in [4.69, 9.17) is 4.74 Å². The summed E-state index contributed by atoms with van der Waals surface area (Å²) >= 11 is 0. The van der Waals surface area contributed by atoms with Crippen LogP contribution in [0.15, 0.2) is 36.5 Å². The largest absolute Gasteiger partial charge is 0.465 e. The highest BCUT2D eigenvalue weighted by atomic mass is 16.5. The molecule has 0 spiro atoms. The number of carbonyl (C=O) groups is 1. The SMILES string of the molecule is CCN(CC)C(O)Cc1cc(C(=O)OC)cc(-c2ccc(C)cn2)c1. The van der Waals surface area contributed by atoms with Crippen molar-refractivity contribution in [3.63, 3.8) is 0 Å². The maximum atomic E-state index is 12.0. The minimum atomic E-state index is -0.596. The summed E-state index contributed by atoms with van der Waals surface area (Å²) in [5.41, 5.74) is 4.04. The van der Waals surface area contributed by atoms with Crippen LogP contribution >= 0.6 is 0 Å². The first kappa shape index (κ1) is 19.1. The molecule has 5 nitrogen and oxygen atoms in total. The van der Waals surface area contributed by atoms with Crippen LogP contribution in [-0.2, 0) is 11.2 Å². The van der Waals surface area contributed by atoms with Crippen molar-refractivity contribution in [2.45, 2.75) is 33.4 Å². The van der Waals surface area contributed by atoms with Crippen LogP contribution in [0, 0.1) is 6.92 Å². The minimum absolute atomic E-state index is 0.396. The number of rotatable bonds is 7. The lowest BCUT2D eigenvalue weighted by molar-refractivity contribution is 0.0115. The molecule has 2 aromatic rings. The van der Waals surface area contributed by atoms with Crippen LogP contribution in [-0.4, -0.2) is 47.4 Å². The van der Waals surface area contributed by atoms with Crippen LogP contribution in [0.4, 0.5) is 0 Å². The van der Waals surface area contributed by atoms with Crippen LogP contribution in [0.5, 0.6) is 0 Å². The minimum Gasteiger partial charge on any atom is -0.465 e. The van der Waals surface area contributed by atoms with Crippen molar-refractivity contribution in [2.75, 3.05) is 20.2 Å². The van der Waals surface area contributed by atoms with E-state index in [9.17, 15) is 9.90 Å². The molecular formula is C20H26N2O3. The smallest absolute Gasteiger partial charge is 0.337 e. The molecule has 0 aliphatic rings. The summed E-state index contributed by atoms with van der Waals surface area (Å²) in [6.07, 6.45) is 1.64. The van der Waals surface area contributed by atoms with Gasteiger partial charge in [-0.15, -0.1) is 0 Å². The van der Waals surface area contributed by atoms with Gasteiger partial charge in [0.1, 0.15) is 6.23 Å². The molecule has 2 rings (SSSR count). The Kier molecular flexibility index (Phi) is 6.67.